The Morgan fingerprint density at radius 1 is 1.24 bits per heavy atom. The van der Waals surface area contributed by atoms with Crippen LogP contribution in [0.5, 0.6) is 0 Å². The molecule has 0 radical (unpaired) electrons. The van der Waals surface area contributed by atoms with Crippen LogP contribution in [-0.2, 0) is 6.42 Å². The molecule has 2 saturated heterocycles. The number of nitrogens with zero attached hydrogens (tertiary/aromatic N) is 1. The second-order valence-electron chi connectivity index (χ2n) is 5.29. The van der Waals surface area contributed by atoms with E-state index in [2.05, 4.69) is 40.5 Å². The molecule has 2 fully saturated rings. The van der Waals surface area contributed by atoms with Crippen LogP contribution in [-0.4, -0.2) is 47.8 Å². The molecule has 3 heteroatoms. The molecule has 0 amide bonds. The van der Waals surface area contributed by atoms with Gasteiger partial charge < -0.3 is 10.4 Å². The summed E-state index contributed by atoms with van der Waals surface area (Å²) >= 11 is 0. The highest BCUT2D eigenvalue weighted by Crippen LogP contribution is 2.21. The first-order chi connectivity index (χ1) is 8.31. The van der Waals surface area contributed by atoms with Crippen LogP contribution in [0, 0.1) is 0 Å². The van der Waals surface area contributed by atoms with Crippen molar-refractivity contribution in [1.82, 2.24) is 10.2 Å². The summed E-state index contributed by atoms with van der Waals surface area (Å²) in [6, 6.07) is 11.7. The molecule has 0 aromatic heterocycles. The molecule has 2 aliphatic heterocycles. The molecule has 2 N–H and O–H groups in total. The summed E-state index contributed by atoms with van der Waals surface area (Å²) in [6.45, 7) is 2.95. The van der Waals surface area contributed by atoms with Crippen LogP contribution in [0.3, 0.4) is 0 Å². The van der Waals surface area contributed by atoms with Crippen molar-refractivity contribution in [3.05, 3.63) is 35.9 Å². The minimum atomic E-state index is -0.114. The lowest BCUT2D eigenvalue weighted by molar-refractivity contribution is 0.153. The Hall–Kier alpha value is -0.900. The van der Waals surface area contributed by atoms with Gasteiger partial charge >= 0.3 is 0 Å². The van der Waals surface area contributed by atoms with Gasteiger partial charge in [-0.2, -0.15) is 0 Å². The van der Waals surface area contributed by atoms with E-state index in [4.69, 9.17) is 0 Å². The number of nitrogens with one attached hydrogen (secondary N) is 1. The van der Waals surface area contributed by atoms with E-state index in [-0.39, 0.29) is 6.10 Å². The van der Waals surface area contributed by atoms with Gasteiger partial charge in [-0.05, 0) is 18.4 Å². The highest BCUT2D eigenvalue weighted by Gasteiger charge is 2.35. The maximum absolute atomic E-state index is 9.67. The molecule has 0 bridgehead atoms. The van der Waals surface area contributed by atoms with E-state index in [1.54, 1.807) is 0 Å². The first-order valence-electron chi connectivity index (χ1n) is 6.50. The second-order valence-corrected chi connectivity index (χ2v) is 5.29. The average Bonchev–Trinajstić information content (AvgIpc) is 2.70. The summed E-state index contributed by atoms with van der Waals surface area (Å²) in [7, 11) is 0. The van der Waals surface area contributed by atoms with Crippen LogP contribution in [0.1, 0.15) is 12.0 Å². The van der Waals surface area contributed by atoms with Gasteiger partial charge in [0.15, 0.2) is 0 Å². The van der Waals surface area contributed by atoms with Crippen LogP contribution >= 0.6 is 0 Å². The van der Waals surface area contributed by atoms with Crippen LogP contribution in [0.25, 0.3) is 0 Å². The summed E-state index contributed by atoms with van der Waals surface area (Å²) < 4.78 is 0. The molecule has 92 valence electrons. The van der Waals surface area contributed by atoms with Crippen molar-refractivity contribution in [2.24, 2.45) is 0 Å². The third-order valence-corrected chi connectivity index (χ3v) is 3.93. The molecular weight excluding hydrogens is 212 g/mol. The monoisotopic (exact) mass is 232 g/mol. The lowest BCUT2D eigenvalue weighted by Crippen LogP contribution is -2.54. The molecule has 1 aromatic rings. The van der Waals surface area contributed by atoms with Gasteiger partial charge in [0.05, 0.1) is 6.10 Å². The number of rotatable bonds is 2. The van der Waals surface area contributed by atoms with E-state index in [1.165, 1.54) is 5.56 Å². The molecule has 0 spiro atoms. The highest BCUT2D eigenvalue weighted by molar-refractivity contribution is 5.16. The number of aliphatic hydroxyl groups is 1. The van der Waals surface area contributed by atoms with Crippen LogP contribution in [0.4, 0.5) is 0 Å². The fraction of sp³-hybridized carbons (Fsp3) is 0.571. The van der Waals surface area contributed by atoms with E-state index in [0.29, 0.717) is 12.1 Å². The zero-order chi connectivity index (χ0) is 11.7. The lowest BCUT2D eigenvalue weighted by atomic mass is 10.0. The Morgan fingerprint density at radius 3 is 2.88 bits per heavy atom. The van der Waals surface area contributed by atoms with E-state index in [1.807, 2.05) is 0 Å². The van der Waals surface area contributed by atoms with Gasteiger partial charge in [0.1, 0.15) is 0 Å². The van der Waals surface area contributed by atoms with E-state index in [9.17, 15) is 5.11 Å². The Morgan fingerprint density at radius 2 is 2.06 bits per heavy atom. The average molecular weight is 232 g/mol. The Bertz CT molecular complexity index is 368. The summed E-state index contributed by atoms with van der Waals surface area (Å²) in [4.78, 5) is 2.44. The predicted molar refractivity (Wildman–Crippen MR) is 67.9 cm³/mol. The SMILES string of the molecule is O[C@@H]1C[C@H]2CN[C@H](Cc3ccccc3)CN2C1. The molecule has 1 aromatic carbocycles. The Balaban J connectivity index is 1.60. The maximum atomic E-state index is 9.67. The maximum Gasteiger partial charge on any atom is 0.0682 e. The van der Waals surface area contributed by atoms with E-state index >= 15 is 0 Å². The number of hydrogen-bond acceptors (Lipinski definition) is 3. The van der Waals surface area contributed by atoms with Crippen molar-refractivity contribution in [3.63, 3.8) is 0 Å². The number of aliphatic hydroxyl groups excluding tert-OH is 1. The third kappa shape index (κ3) is 2.51. The molecule has 2 heterocycles. The van der Waals surface area contributed by atoms with Crippen molar-refractivity contribution >= 4 is 0 Å². The van der Waals surface area contributed by atoms with Gasteiger partial charge in [0, 0.05) is 31.7 Å². The third-order valence-electron chi connectivity index (χ3n) is 3.93. The molecule has 0 unspecified atom stereocenters. The zero-order valence-electron chi connectivity index (χ0n) is 10.0. The van der Waals surface area contributed by atoms with Crippen LogP contribution < -0.4 is 5.32 Å². The molecule has 3 rings (SSSR count). The van der Waals surface area contributed by atoms with Crippen molar-refractivity contribution < 1.29 is 5.11 Å². The first kappa shape index (κ1) is 11.2. The van der Waals surface area contributed by atoms with Crippen molar-refractivity contribution in [3.8, 4) is 0 Å². The second kappa shape index (κ2) is 4.77. The van der Waals surface area contributed by atoms with E-state index in [0.717, 1.165) is 32.5 Å². The van der Waals surface area contributed by atoms with E-state index < -0.39 is 0 Å². The van der Waals surface area contributed by atoms with Gasteiger partial charge in [0.25, 0.3) is 0 Å². The quantitative estimate of drug-likeness (QED) is 0.785. The standard InChI is InChI=1S/C14H20N2O/c17-14-7-13-8-15-12(9-16(13)10-14)6-11-4-2-1-3-5-11/h1-5,12-15,17H,6-10H2/t12-,13+,14-/m1/s1. The molecule has 17 heavy (non-hydrogen) atoms. The summed E-state index contributed by atoms with van der Waals surface area (Å²) in [6.07, 6.45) is 1.91. The summed E-state index contributed by atoms with van der Waals surface area (Å²) in [5.74, 6) is 0. The van der Waals surface area contributed by atoms with Gasteiger partial charge in [-0.15, -0.1) is 0 Å². The number of piperazine rings is 1. The molecule has 3 atom stereocenters. The highest BCUT2D eigenvalue weighted by atomic mass is 16.3. The molecule has 0 saturated carbocycles. The van der Waals surface area contributed by atoms with Crippen molar-refractivity contribution in [1.29, 1.82) is 0 Å². The molecule has 0 aliphatic carbocycles. The molecular formula is C14H20N2O. The summed E-state index contributed by atoms with van der Waals surface area (Å²) in [5.41, 5.74) is 1.39. The zero-order valence-corrected chi connectivity index (χ0v) is 10.0. The van der Waals surface area contributed by atoms with Crippen molar-refractivity contribution in [2.45, 2.75) is 31.0 Å². The number of fused-ring (bicyclic) bond motifs is 1. The minimum absolute atomic E-state index is 0.114. The fourth-order valence-electron chi connectivity index (χ4n) is 3.08. The smallest absolute Gasteiger partial charge is 0.0682 e. The number of benzene rings is 1. The Kier molecular flexibility index (Phi) is 3.14. The normalized spacial score (nSPS) is 33.6. The largest absolute Gasteiger partial charge is 0.392 e. The van der Waals surface area contributed by atoms with Gasteiger partial charge in [-0.3, -0.25) is 4.90 Å². The van der Waals surface area contributed by atoms with Crippen LogP contribution in [0.2, 0.25) is 0 Å². The lowest BCUT2D eigenvalue weighted by Gasteiger charge is -2.35. The fourth-order valence-corrected chi connectivity index (χ4v) is 3.08. The topological polar surface area (TPSA) is 35.5 Å². The van der Waals surface area contributed by atoms with Gasteiger partial charge in [-0.1, -0.05) is 30.3 Å². The number of hydrogen-bond donors (Lipinski definition) is 2. The van der Waals surface area contributed by atoms with Crippen molar-refractivity contribution in [2.75, 3.05) is 19.6 Å². The predicted octanol–water partition coefficient (Wildman–Crippen LogP) is 0.636. The van der Waals surface area contributed by atoms with Crippen LogP contribution in [0.15, 0.2) is 30.3 Å². The Labute approximate surface area is 102 Å². The summed E-state index contributed by atoms with van der Waals surface area (Å²) in [5, 5.41) is 13.3. The molecule has 2 aliphatic rings. The van der Waals surface area contributed by atoms with Gasteiger partial charge in [0.2, 0.25) is 0 Å². The van der Waals surface area contributed by atoms with Gasteiger partial charge in [-0.25, -0.2) is 0 Å². The molecule has 3 nitrogen and oxygen atoms in total. The first-order valence-corrected chi connectivity index (χ1v) is 6.50. The minimum Gasteiger partial charge on any atom is -0.392 e.